The predicted molar refractivity (Wildman–Crippen MR) is 158 cm³/mol. The molecule has 168 valence electrons. The first kappa shape index (κ1) is 30.4. The van der Waals surface area contributed by atoms with Gasteiger partial charge in [-0.25, -0.2) is 0 Å². The van der Waals surface area contributed by atoms with Crippen molar-refractivity contribution in [3.05, 3.63) is 0 Å². The van der Waals surface area contributed by atoms with Crippen LogP contribution in [0.2, 0.25) is 0 Å². The summed E-state index contributed by atoms with van der Waals surface area (Å²) in [6.07, 6.45) is 21.3. The maximum atomic E-state index is 11.6. The van der Waals surface area contributed by atoms with Crippen LogP contribution in [0.1, 0.15) is 110 Å². The zero-order chi connectivity index (χ0) is 21.3. The molecule has 0 aliphatic heterocycles. The van der Waals surface area contributed by atoms with Gasteiger partial charge >= 0.3 is 5.97 Å². The topological polar surface area (TPSA) is 37.3 Å². The first-order valence-electron chi connectivity index (χ1n) is 11.2. The van der Waals surface area contributed by atoms with Crippen molar-refractivity contribution in [2.45, 2.75) is 121 Å². The number of carboxylic acid groups (broad SMARTS) is 1. The number of hydrogen-bond donors (Lipinski definition) is 1. The van der Waals surface area contributed by atoms with Crippen molar-refractivity contribution >= 4 is 96.3 Å². The maximum Gasteiger partial charge on any atom is 0.320 e. The second-order valence-electron chi connectivity index (χ2n) is 7.87. The summed E-state index contributed by atoms with van der Waals surface area (Å²) in [7, 11) is 0. The van der Waals surface area contributed by atoms with Crippen molar-refractivity contribution < 1.29 is 9.90 Å². The number of halogens is 4. The third-order valence-electron chi connectivity index (χ3n) is 5.49. The first-order chi connectivity index (χ1) is 13.4. The molecule has 0 radical (unpaired) electrons. The quantitative estimate of drug-likeness (QED) is 0.0754. The minimum atomic E-state index is -0.659. The first-order valence-corrected chi connectivity index (χ1v) is 16.3. The molecule has 2 nitrogen and oxygen atoms in total. The average Bonchev–Trinajstić information content (AvgIpc) is 2.69. The van der Waals surface area contributed by atoms with Gasteiger partial charge < -0.3 is 5.11 Å². The lowest BCUT2D eigenvalue weighted by atomic mass is 9.97. The number of hydrogen-bond acceptors (Lipinski definition) is 1. The molecule has 28 heavy (non-hydrogen) atoms. The zero-order valence-electron chi connectivity index (χ0n) is 17.5. The van der Waals surface area contributed by atoms with Crippen molar-refractivity contribution in [3.63, 3.8) is 0 Å². The van der Waals surface area contributed by atoms with Gasteiger partial charge in [0.05, 0.1) is 0 Å². The fourth-order valence-corrected chi connectivity index (χ4v) is 7.23. The molecule has 3 atom stereocenters. The van der Waals surface area contributed by atoms with Crippen LogP contribution in [0.3, 0.4) is 0 Å². The highest BCUT2D eigenvalue weighted by Gasteiger charge is 2.43. The number of rotatable bonds is 20. The van der Waals surface area contributed by atoms with Crippen LogP contribution in [-0.4, -0.2) is 26.8 Å². The van der Waals surface area contributed by atoms with Gasteiger partial charge in [-0.15, -0.1) is 0 Å². The van der Waals surface area contributed by atoms with E-state index in [0.29, 0.717) is 10.3 Å². The van der Waals surface area contributed by atoms with Gasteiger partial charge in [0, 0.05) is 7.85 Å². The average molecular weight is 844 g/mol. The molecule has 0 aromatic rings. The Kier molecular flexibility index (Phi) is 21.7. The van der Waals surface area contributed by atoms with Crippen LogP contribution in [0, 0.1) is 0 Å². The molecular weight excluding hydrogens is 804 g/mol. The second kappa shape index (κ2) is 20.0. The van der Waals surface area contributed by atoms with E-state index in [1.165, 1.54) is 94.3 Å². The Morgan fingerprint density at radius 2 is 1.14 bits per heavy atom. The van der Waals surface area contributed by atoms with Gasteiger partial charge in [0.15, 0.2) is 0 Å². The highest BCUT2D eigenvalue weighted by Crippen LogP contribution is 2.39. The lowest BCUT2D eigenvalue weighted by Gasteiger charge is -2.30. The normalized spacial score (nSPS) is 15.9. The number of carbonyl (C=O) groups is 1. The second-order valence-corrected chi connectivity index (χ2v) is 13.8. The van der Waals surface area contributed by atoms with Crippen molar-refractivity contribution in [3.8, 4) is 0 Å². The molecule has 0 heterocycles. The Bertz CT molecular complexity index is 382. The van der Waals surface area contributed by atoms with Gasteiger partial charge in [-0.3, -0.25) is 4.79 Å². The molecule has 1 N–H and O–H groups in total. The van der Waals surface area contributed by atoms with Crippen LogP contribution < -0.4 is 0 Å². The van der Waals surface area contributed by atoms with Gasteiger partial charge in [0.1, 0.15) is 3.42 Å². The number of carboxylic acids is 1. The third-order valence-corrected chi connectivity index (χ3v) is 14.0. The lowest BCUT2D eigenvalue weighted by molar-refractivity contribution is -0.139. The minimum Gasteiger partial charge on any atom is -0.480 e. The number of aliphatic carboxylic acids is 1. The lowest BCUT2D eigenvalue weighted by Crippen LogP contribution is -2.44. The summed E-state index contributed by atoms with van der Waals surface area (Å²) in [5.74, 6) is -0.659. The standard InChI is InChI=1S/C22H40I4O2/c1-2-22(26,21(27)28)20(25)19(24)17-15-13-11-9-7-5-3-4-6-8-10-12-14-16-18-23/h19-20H,2-18H2,1H3,(H,27,28). The smallest absolute Gasteiger partial charge is 0.320 e. The number of unbranched alkanes of at least 4 members (excludes halogenated alkanes) is 13. The largest absolute Gasteiger partial charge is 0.480 e. The van der Waals surface area contributed by atoms with Gasteiger partial charge in [0.25, 0.3) is 0 Å². The Morgan fingerprint density at radius 1 is 0.786 bits per heavy atom. The molecule has 3 unspecified atom stereocenters. The Hall–Kier alpha value is 2.39. The van der Waals surface area contributed by atoms with E-state index < -0.39 is 9.39 Å². The summed E-state index contributed by atoms with van der Waals surface area (Å²) in [6.45, 7) is 1.99. The molecule has 0 aliphatic rings. The third kappa shape index (κ3) is 14.5. The monoisotopic (exact) mass is 844 g/mol. The molecule has 0 bridgehead atoms. The van der Waals surface area contributed by atoms with Crippen LogP contribution in [0.4, 0.5) is 0 Å². The molecule has 0 rings (SSSR count). The Balaban J connectivity index is 3.51. The summed E-state index contributed by atoms with van der Waals surface area (Å²) in [5, 5.41) is 9.54. The van der Waals surface area contributed by atoms with E-state index in [9.17, 15) is 9.90 Å². The molecule has 0 aliphatic carbocycles. The van der Waals surface area contributed by atoms with E-state index in [1.807, 2.05) is 6.92 Å². The van der Waals surface area contributed by atoms with Gasteiger partial charge in [0.2, 0.25) is 0 Å². The predicted octanol–water partition coefficient (Wildman–Crippen LogP) is 9.55. The van der Waals surface area contributed by atoms with Crippen LogP contribution in [0.5, 0.6) is 0 Å². The molecule has 0 amide bonds. The van der Waals surface area contributed by atoms with E-state index in [4.69, 9.17) is 0 Å². The maximum absolute atomic E-state index is 11.6. The van der Waals surface area contributed by atoms with Gasteiger partial charge in [-0.1, -0.05) is 181 Å². The van der Waals surface area contributed by atoms with E-state index in [1.54, 1.807) is 0 Å². The highest BCUT2D eigenvalue weighted by atomic mass is 127. The molecule has 0 saturated carbocycles. The Morgan fingerprint density at radius 3 is 1.46 bits per heavy atom. The summed E-state index contributed by atoms with van der Waals surface area (Å²) in [4.78, 5) is 11.6. The van der Waals surface area contributed by atoms with Crippen LogP contribution in [0.15, 0.2) is 0 Å². The Labute approximate surface area is 228 Å². The summed E-state index contributed by atoms with van der Waals surface area (Å²) < 4.78 is 1.31. The molecule has 6 heteroatoms. The van der Waals surface area contributed by atoms with Crippen molar-refractivity contribution in [2.75, 3.05) is 4.43 Å². The summed E-state index contributed by atoms with van der Waals surface area (Å²) in [6, 6.07) is 0. The molecule has 0 saturated heterocycles. The van der Waals surface area contributed by atoms with E-state index in [0.717, 1.165) is 6.42 Å². The van der Waals surface area contributed by atoms with E-state index >= 15 is 0 Å². The fourth-order valence-electron chi connectivity index (χ4n) is 3.45. The minimum absolute atomic E-state index is 0.181. The van der Waals surface area contributed by atoms with Crippen LogP contribution in [0.25, 0.3) is 0 Å². The molecule has 0 fully saturated rings. The summed E-state index contributed by atoms with van der Waals surface area (Å²) >= 11 is 9.48. The fraction of sp³-hybridized carbons (Fsp3) is 0.955. The van der Waals surface area contributed by atoms with Gasteiger partial charge in [-0.05, 0) is 23.7 Å². The van der Waals surface area contributed by atoms with Crippen LogP contribution >= 0.6 is 90.4 Å². The summed E-state index contributed by atoms with van der Waals surface area (Å²) in [5.41, 5.74) is 0. The van der Waals surface area contributed by atoms with Crippen molar-refractivity contribution in [1.29, 1.82) is 0 Å². The SMILES string of the molecule is CCC(I)(C(=O)O)C(I)C(I)CCCCCCCCCCCCCCCCI. The highest BCUT2D eigenvalue weighted by molar-refractivity contribution is 14.1. The molecule has 0 aromatic heterocycles. The number of alkyl halides is 4. The molecule has 0 spiro atoms. The van der Waals surface area contributed by atoms with Crippen LogP contribution in [-0.2, 0) is 4.79 Å². The van der Waals surface area contributed by atoms with Gasteiger partial charge in [-0.2, -0.15) is 0 Å². The van der Waals surface area contributed by atoms with E-state index in [-0.39, 0.29) is 3.92 Å². The molecule has 0 aromatic carbocycles. The molecular formula is C22H40I4O2. The van der Waals surface area contributed by atoms with Crippen molar-refractivity contribution in [2.24, 2.45) is 0 Å². The van der Waals surface area contributed by atoms with Crippen molar-refractivity contribution in [1.82, 2.24) is 0 Å². The zero-order valence-corrected chi connectivity index (χ0v) is 26.2. The van der Waals surface area contributed by atoms with E-state index in [2.05, 4.69) is 90.4 Å².